The van der Waals surface area contributed by atoms with Crippen molar-refractivity contribution in [2.75, 3.05) is 18.2 Å². The molecule has 3 aromatic rings. The Hall–Kier alpha value is -2.31. The molecule has 0 bridgehead atoms. The van der Waals surface area contributed by atoms with E-state index in [1.807, 2.05) is 24.3 Å². The second-order valence-electron chi connectivity index (χ2n) is 4.92. The molecule has 5 nitrogen and oxygen atoms in total. The third kappa shape index (κ3) is 3.77. The van der Waals surface area contributed by atoms with E-state index in [9.17, 15) is 4.79 Å². The molecule has 122 valence electrons. The maximum atomic E-state index is 12.2. The fraction of sp³-hybridized carbons (Fsp3) is 0.118. The van der Waals surface area contributed by atoms with Gasteiger partial charge in [0.2, 0.25) is 5.91 Å². The van der Waals surface area contributed by atoms with Crippen LogP contribution in [-0.2, 0) is 4.79 Å². The summed E-state index contributed by atoms with van der Waals surface area (Å²) in [4.78, 5) is 12.2. The van der Waals surface area contributed by atoms with E-state index in [4.69, 9.17) is 16.3 Å². The van der Waals surface area contributed by atoms with E-state index in [0.717, 1.165) is 15.8 Å². The number of halogens is 1. The van der Waals surface area contributed by atoms with Crippen molar-refractivity contribution in [3.05, 3.63) is 53.7 Å². The van der Waals surface area contributed by atoms with Crippen molar-refractivity contribution in [1.29, 1.82) is 0 Å². The van der Waals surface area contributed by atoms with E-state index in [-0.39, 0.29) is 11.7 Å². The number of amides is 1. The third-order valence-corrected chi connectivity index (χ3v) is 4.53. The Balaban J connectivity index is 1.71. The highest BCUT2D eigenvalue weighted by Crippen LogP contribution is 2.29. The summed E-state index contributed by atoms with van der Waals surface area (Å²) in [5, 5.41) is 14.1. The van der Waals surface area contributed by atoms with E-state index in [2.05, 4.69) is 15.5 Å². The van der Waals surface area contributed by atoms with Crippen molar-refractivity contribution in [2.24, 2.45) is 0 Å². The molecule has 0 aliphatic carbocycles. The normalized spacial score (nSPS) is 10.6. The zero-order valence-corrected chi connectivity index (χ0v) is 14.4. The topological polar surface area (TPSA) is 64.1 Å². The predicted octanol–water partition coefficient (Wildman–Crippen LogP) is 4.02. The number of aromatic nitrogens is 2. The number of methoxy groups -OCH3 is 1. The molecule has 0 aliphatic rings. The number of hydrogen-bond donors (Lipinski definition) is 1. The van der Waals surface area contributed by atoms with Gasteiger partial charge in [-0.1, -0.05) is 47.6 Å². The molecule has 0 fully saturated rings. The van der Waals surface area contributed by atoms with Gasteiger partial charge in [-0.3, -0.25) is 4.79 Å². The van der Waals surface area contributed by atoms with Gasteiger partial charge in [0.05, 0.1) is 24.7 Å². The minimum Gasteiger partial charge on any atom is -0.495 e. The van der Waals surface area contributed by atoms with Gasteiger partial charge in [0.25, 0.3) is 0 Å². The second-order valence-corrected chi connectivity index (χ2v) is 6.32. The van der Waals surface area contributed by atoms with Crippen LogP contribution in [0.25, 0.3) is 10.8 Å². The van der Waals surface area contributed by atoms with Crippen molar-refractivity contribution in [3.63, 3.8) is 0 Å². The Bertz CT molecular complexity index is 883. The van der Waals surface area contributed by atoms with E-state index in [1.54, 1.807) is 31.5 Å². The number of benzene rings is 2. The number of nitrogens with zero attached hydrogens (tertiary/aromatic N) is 2. The third-order valence-electron chi connectivity index (χ3n) is 3.31. The number of hydrogen-bond acceptors (Lipinski definition) is 5. The summed E-state index contributed by atoms with van der Waals surface area (Å²) >= 11 is 7.30. The molecule has 0 unspecified atom stereocenters. The van der Waals surface area contributed by atoms with Gasteiger partial charge in [-0.25, -0.2) is 0 Å². The Kier molecular flexibility index (Phi) is 5.17. The van der Waals surface area contributed by atoms with Crippen molar-refractivity contribution in [1.82, 2.24) is 10.2 Å². The van der Waals surface area contributed by atoms with Crippen LogP contribution in [0, 0.1) is 0 Å². The summed E-state index contributed by atoms with van der Waals surface area (Å²) in [5.41, 5.74) is 0.541. The minimum atomic E-state index is -0.171. The zero-order chi connectivity index (χ0) is 16.9. The number of carbonyl (C=O) groups excluding carboxylic acids is 1. The average Bonchev–Trinajstić information content (AvgIpc) is 2.60. The van der Waals surface area contributed by atoms with Gasteiger partial charge < -0.3 is 10.1 Å². The van der Waals surface area contributed by atoms with Crippen molar-refractivity contribution < 1.29 is 9.53 Å². The SMILES string of the molecule is COc1ccc(Cl)cc1NC(=O)CSc1nncc2ccccc12. The van der Waals surface area contributed by atoms with Gasteiger partial charge in [-0.15, -0.1) is 5.10 Å². The first-order chi connectivity index (χ1) is 11.7. The largest absolute Gasteiger partial charge is 0.495 e. The molecule has 0 atom stereocenters. The monoisotopic (exact) mass is 359 g/mol. The predicted molar refractivity (Wildman–Crippen MR) is 96.9 cm³/mol. The van der Waals surface area contributed by atoms with Crippen LogP contribution < -0.4 is 10.1 Å². The fourth-order valence-electron chi connectivity index (χ4n) is 2.21. The fourth-order valence-corrected chi connectivity index (χ4v) is 3.16. The van der Waals surface area contributed by atoms with E-state index < -0.39 is 0 Å². The Morgan fingerprint density at radius 1 is 1.29 bits per heavy atom. The Labute approximate surface area is 148 Å². The summed E-state index contributed by atoms with van der Waals surface area (Å²) in [6.07, 6.45) is 1.70. The summed E-state index contributed by atoms with van der Waals surface area (Å²) < 4.78 is 5.22. The molecule has 0 saturated heterocycles. The molecule has 3 rings (SSSR count). The molecule has 1 heterocycles. The van der Waals surface area contributed by atoms with Gasteiger partial charge in [-0.2, -0.15) is 5.10 Å². The highest BCUT2D eigenvalue weighted by molar-refractivity contribution is 8.00. The average molecular weight is 360 g/mol. The van der Waals surface area contributed by atoms with Crippen molar-refractivity contribution >= 4 is 45.7 Å². The lowest BCUT2D eigenvalue weighted by Gasteiger charge is -2.10. The molecular formula is C17H14ClN3O2S. The molecule has 0 spiro atoms. The van der Waals surface area contributed by atoms with Gasteiger partial charge in [-0.05, 0) is 18.2 Å². The molecule has 0 aliphatic heterocycles. The number of carbonyl (C=O) groups is 1. The first kappa shape index (κ1) is 16.5. The molecule has 1 aromatic heterocycles. The van der Waals surface area contributed by atoms with Crippen LogP contribution in [0.15, 0.2) is 53.7 Å². The molecule has 24 heavy (non-hydrogen) atoms. The molecule has 1 amide bonds. The standard InChI is InChI=1S/C17H14ClN3O2S/c1-23-15-7-6-12(18)8-14(15)20-16(22)10-24-17-13-5-3-2-4-11(13)9-19-21-17/h2-9H,10H2,1H3,(H,20,22). The number of rotatable bonds is 5. The van der Waals surface area contributed by atoms with Crippen LogP contribution in [0.5, 0.6) is 5.75 Å². The molecule has 1 N–H and O–H groups in total. The molecule has 2 aromatic carbocycles. The Morgan fingerprint density at radius 3 is 2.96 bits per heavy atom. The van der Waals surface area contributed by atoms with E-state index >= 15 is 0 Å². The first-order valence-electron chi connectivity index (χ1n) is 7.14. The van der Waals surface area contributed by atoms with Crippen LogP contribution in [0.4, 0.5) is 5.69 Å². The van der Waals surface area contributed by atoms with Gasteiger partial charge in [0.15, 0.2) is 0 Å². The highest BCUT2D eigenvalue weighted by Gasteiger charge is 2.11. The number of anilines is 1. The molecule has 7 heteroatoms. The number of nitrogens with one attached hydrogen (secondary N) is 1. The number of ether oxygens (including phenoxy) is 1. The van der Waals surface area contributed by atoms with E-state index in [1.165, 1.54) is 11.8 Å². The lowest BCUT2D eigenvalue weighted by atomic mass is 10.2. The summed E-state index contributed by atoms with van der Waals surface area (Å²) in [5.74, 6) is 0.594. The Morgan fingerprint density at radius 2 is 2.12 bits per heavy atom. The second kappa shape index (κ2) is 7.51. The van der Waals surface area contributed by atoms with E-state index in [0.29, 0.717) is 16.5 Å². The summed E-state index contributed by atoms with van der Waals surface area (Å²) in [6.45, 7) is 0. The van der Waals surface area contributed by atoms with Gasteiger partial charge >= 0.3 is 0 Å². The van der Waals surface area contributed by atoms with Crippen molar-refractivity contribution in [3.8, 4) is 5.75 Å². The minimum absolute atomic E-state index is 0.171. The maximum Gasteiger partial charge on any atom is 0.234 e. The summed E-state index contributed by atoms with van der Waals surface area (Å²) in [7, 11) is 1.54. The molecule has 0 radical (unpaired) electrons. The summed E-state index contributed by atoms with van der Waals surface area (Å²) in [6, 6.07) is 12.9. The van der Waals surface area contributed by atoms with Gasteiger partial charge in [0, 0.05) is 15.8 Å². The number of fused-ring (bicyclic) bond motifs is 1. The van der Waals surface area contributed by atoms with Crippen LogP contribution in [0.1, 0.15) is 0 Å². The van der Waals surface area contributed by atoms with Crippen LogP contribution in [-0.4, -0.2) is 29.0 Å². The molecule has 0 saturated carbocycles. The lowest BCUT2D eigenvalue weighted by molar-refractivity contribution is -0.113. The zero-order valence-electron chi connectivity index (χ0n) is 12.8. The first-order valence-corrected chi connectivity index (χ1v) is 8.50. The molecular weight excluding hydrogens is 346 g/mol. The maximum absolute atomic E-state index is 12.2. The van der Waals surface area contributed by atoms with Crippen LogP contribution in [0.2, 0.25) is 5.02 Å². The highest BCUT2D eigenvalue weighted by atomic mass is 35.5. The van der Waals surface area contributed by atoms with Crippen LogP contribution >= 0.6 is 23.4 Å². The quantitative estimate of drug-likeness (QED) is 0.697. The van der Waals surface area contributed by atoms with Crippen LogP contribution in [0.3, 0.4) is 0 Å². The van der Waals surface area contributed by atoms with Crippen molar-refractivity contribution in [2.45, 2.75) is 5.03 Å². The number of thioether (sulfide) groups is 1. The smallest absolute Gasteiger partial charge is 0.234 e. The lowest BCUT2D eigenvalue weighted by Crippen LogP contribution is -2.15. The van der Waals surface area contributed by atoms with Gasteiger partial charge in [0.1, 0.15) is 10.8 Å².